The minimum Gasteiger partial charge on any atom is -0.393 e. The molecule has 2 N–H and O–H groups in total. The Morgan fingerprint density at radius 3 is 2.59 bits per heavy atom. The number of hydrogen-bond acceptors (Lipinski definition) is 2. The van der Waals surface area contributed by atoms with Gasteiger partial charge in [0.15, 0.2) is 0 Å². The Labute approximate surface area is 179 Å². The molecule has 3 saturated carbocycles. The van der Waals surface area contributed by atoms with E-state index in [-0.39, 0.29) is 6.10 Å². The van der Waals surface area contributed by atoms with Gasteiger partial charge in [-0.05, 0) is 105 Å². The molecular formula is C27H46O2. The molecule has 0 aromatic carbocycles. The van der Waals surface area contributed by atoms with Gasteiger partial charge in [-0.3, -0.25) is 0 Å². The molecule has 166 valence electrons. The molecule has 0 radical (unpaired) electrons. The average Bonchev–Trinajstić information content (AvgIpc) is 3.00. The van der Waals surface area contributed by atoms with Gasteiger partial charge in [-0.15, -0.1) is 0 Å². The molecule has 0 bridgehead atoms. The lowest BCUT2D eigenvalue weighted by molar-refractivity contribution is -0.105. The molecule has 4 rings (SSSR count). The Bertz CT molecular complexity index is 634. The largest absolute Gasteiger partial charge is 0.393 e. The highest BCUT2D eigenvalue weighted by Crippen LogP contribution is 2.67. The number of allylic oxidation sites excluding steroid dienone is 1. The van der Waals surface area contributed by atoms with Crippen LogP contribution < -0.4 is 0 Å². The van der Waals surface area contributed by atoms with E-state index in [2.05, 4.69) is 40.7 Å². The van der Waals surface area contributed by atoms with Crippen LogP contribution >= 0.6 is 0 Å². The smallest absolute Gasteiger partial charge is 0.0653 e. The van der Waals surface area contributed by atoms with Crippen LogP contribution in [0, 0.1) is 40.4 Å². The van der Waals surface area contributed by atoms with E-state index >= 15 is 0 Å². The molecule has 0 spiro atoms. The highest BCUT2D eigenvalue weighted by molar-refractivity contribution is 5.25. The molecule has 0 heterocycles. The molecule has 0 aliphatic heterocycles. The summed E-state index contributed by atoms with van der Waals surface area (Å²) in [6.07, 6.45) is 15.2. The van der Waals surface area contributed by atoms with Crippen LogP contribution in [0.15, 0.2) is 11.6 Å². The predicted molar refractivity (Wildman–Crippen MR) is 121 cm³/mol. The van der Waals surface area contributed by atoms with Gasteiger partial charge in [0, 0.05) is 0 Å². The minimum absolute atomic E-state index is 0.114. The van der Waals surface area contributed by atoms with Crippen LogP contribution in [0.5, 0.6) is 0 Å². The lowest BCUT2D eigenvalue weighted by Gasteiger charge is -2.59. The van der Waals surface area contributed by atoms with Gasteiger partial charge in [-0.1, -0.05) is 52.2 Å². The third-order valence-electron chi connectivity index (χ3n) is 10.3. The first-order chi connectivity index (χ1) is 13.6. The Balaban J connectivity index is 1.53. The van der Waals surface area contributed by atoms with E-state index in [0.29, 0.717) is 16.7 Å². The molecule has 2 heteroatoms. The summed E-state index contributed by atoms with van der Waals surface area (Å²) < 4.78 is 0. The Morgan fingerprint density at radius 2 is 1.86 bits per heavy atom. The number of hydrogen-bond donors (Lipinski definition) is 2. The SMILES string of the molecule is CC(C)CCC[C@@](C)(O)[C@@H]1CC[C@@H]2[C@H]3CC=C4C[C@H](O)CC[C@]4(C)[C@@H]3CC[C@]21C. The minimum atomic E-state index is -0.514. The van der Waals surface area contributed by atoms with Gasteiger partial charge >= 0.3 is 0 Å². The second-order valence-electron chi connectivity index (χ2n) is 12.5. The van der Waals surface area contributed by atoms with Crippen molar-refractivity contribution in [3.05, 3.63) is 11.6 Å². The summed E-state index contributed by atoms with van der Waals surface area (Å²) in [5, 5.41) is 21.8. The third-order valence-corrected chi connectivity index (χ3v) is 10.3. The molecule has 29 heavy (non-hydrogen) atoms. The van der Waals surface area contributed by atoms with E-state index in [9.17, 15) is 10.2 Å². The van der Waals surface area contributed by atoms with Crippen molar-refractivity contribution in [1.29, 1.82) is 0 Å². The Kier molecular flexibility index (Phi) is 5.78. The molecule has 0 aromatic heterocycles. The standard InChI is InChI=1S/C27H46O2/c1-18(2)7-6-14-27(5,29)24-11-10-22-21-9-8-19-17-20(28)12-15-25(19,3)23(21)13-16-26(22,24)4/h8,18,20-24,28-29H,6-7,9-17H2,1-5H3/t20-,21-,22-,23-,24-,25+,26-,27-/m1/s1. The third kappa shape index (κ3) is 3.65. The van der Waals surface area contributed by atoms with E-state index in [4.69, 9.17) is 0 Å². The predicted octanol–water partition coefficient (Wildman–Crippen LogP) is 6.50. The summed E-state index contributed by atoms with van der Waals surface area (Å²) in [5.74, 6) is 3.53. The van der Waals surface area contributed by atoms with Crippen LogP contribution in [-0.4, -0.2) is 21.9 Å². The summed E-state index contributed by atoms with van der Waals surface area (Å²) in [7, 11) is 0. The maximum Gasteiger partial charge on any atom is 0.0653 e. The first kappa shape index (κ1) is 21.9. The van der Waals surface area contributed by atoms with Crippen LogP contribution in [0.1, 0.15) is 105 Å². The van der Waals surface area contributed by atoms with Crippen molar-refractivity contribution in [2.24, 2.45) is 40.4 Å². The first-order valence-electron chi connectivity index (χ1n) is 12.7. The monoisotopic (exact) mass is 402 g/mol. The zero-order valence-corrected chi connectivity index (χ0v) is 19.7. The normalized spacial score (nSPS) is 46.5. The van der Waals surface area contributed by atoms with Gasteiger partial charge in [0.2, 0.25) is 0 Å². The number of aliphatic hydroxyl groups excluding tert-OH is 1. The van der Waals surface area contributed by atoms with E-state index in [0.717, 1.165) is 49.4 Å². The maximum absolute atomic E-state index is 11.6. The van der Waals surface area contributed by atoms with Gasteiger partial charge in [0.05, 0.1) is 11.7 Å². The van der Waals surface area contributed by atoms with E-state index in [1.165, 1.54) is 44.9 Å². The van der Waals surface area contributed by atoms with E-state index < -0.39 is 5.60 Å². The fourth-order valence-corrected chi connectivity index (χ4v) is 8.71. The number of aliphatic hydroxyl groups is 2. The molecule has 0 amide bonds. The fourth-order valence-electron chi connectivity index (χ4n) is 8.71. The van der Waals surface area contributed by atoms with Gasteiger partial charge in [-0.2, -0.15) is 0 Å². The summed E-state index contributed by atoms with van der Waals surface area (Å²) in [4.78, 5) is 0. The average molecular weight is 403 g/mol. The molecule has 8 atom stereocenters. The van der Waals surface area contributed by atoms with Gasteiger partial charge in [0.25, 0.3) is 0 Å². The Hall–Kier alpha value is -0.340. The number of rotatable bonds is 5. The molecule has 0 unspecified atom stereocenters. The highest BCUT2D eigenvalue weighted by atomic mass is 16.3. The molecule has 0 saturated heterocycles. The summed E-state index contributed by atoms with van der Waals surface area (Å²) >= 11 is 0. The molecule has 2 nitrogen and oxygen atoms in total. The molecule has 3 fully saturated rings. The number of fused-ring (bicyclic) bond motifs is 5. The van der Waals surface area contributed by atoms with Crippen LogP contribution in [0.3, 0.4) is 0 Å². The quantitative estimate of drug-likeness (QED) is 0.515. The second kappa shape index (κ2) is 7.66. The van der Waals surface area contributed by atoms with Crippen LogP contribution in [-0.2, 0) is 0 Å². The maximum atomic E-state index is 11.6. The van der Waals surface area contributed by atoms with Crippen LogP contribution in [0.25, 0.3) is 0 Å². The van der Waals surface area contributed by atoms with Crippen molar-refractivity contribution < 1.29 is 10.2 Å². The van der Waals surface area contributed by atoms with Crippen molar-refractivity contribution in [2.45, 2.75) is 117 Å². The zero-order chi connectivity index (χ0) is 21.0. The summed E-state index contributed by atoms with van der Waals surface area (Å²) in [6.45, 7) is 11.8. The first-order valence-corrected chi connectivity index (χ1v) is 12.7. The van der Waals surface area contributed by atoms with E-state index in [1.54, 1.807) is 5.57 Å². The topological polar surface area (TPSA) is 40.5 Å². The molecule has 4 aliphatic rings. The van der Waals surface area contributed by atoms with Crippen molar-refractivity contribution in [1.82, 2.24) is 0 Å². The van der Waals surface area contributed by atoms with Crippen LogP contribution in [0.2, 0.25) is 0 Å². The second-order valence-corrected chi connectivity index (χ2v) is 12.5. The van der Waals surface area contributed by atoms with Gasteiger partial charge < -0.3 is 10.2 Å². The zero-order valence-electron chi connectivity index (χ0n) is 19.7. The van der Waals surface area contributed by atoms with Gasteiger partial charge in [-0.25, -0.2) is 0 Å². The fraction of sp³-hybridized carbons (Fsp3) is 0.926. The molecular weight excluding hydrogens is 356 g/mol. The van der Waals surface area contributed by atoms with E-state index in [1.807, 2.05) is 0 Å². The lowest BCUT2D eigenvalue weighted by atomic mass is 9.46. The summed E-state index contributed by atoms with van der Waals surface area (Å²) in [6, 6.07) is 0. The van der Waals surface area contributed by atoms with Gasteiger partial charge in [0.1, 0.15) is 0 Å². The highest BCUT2D eigenvalue weighted by Gasteiger charge is 2.61. The van der Waals surface area contributed by atoms with Crippen LogP contribution in [0.4, 0.5) is 0 Å². The molecule has 4 aliphatic carbocycles. The summed E-state index contributed by atoms with van der Waals surface area (Å²) in [5.41, 5.74) is 1.68. The van der Waals surface area contributed by atoms with Crippen molar-refractivity contribution in [3.8, 4) is 0 Å². The Morgan fingerprint density at radius 1 is 1.10 bits per heavy atom. The lowest BCUT2D eigenvalue weighted by Crippen LogP contribution is -2.53. The van der Waals surface area contributed by atoms with Crippen molar-refractivity contribution >= 4 is 0 Å². The van der Waals surface area contributed by atoms with Crippen molar-refractivity contribution in [2.75, 3.05) is 0 Å². The van der Waals surface area contributed by atoms with Crippen molar-refractivity contribution in [3.63, 3.8) is 0 Å². The molecule has 0 aromatic rings.